The van der Waals surface area contributed by atoms with Crippen molar-refractivity contribution in [2.75, 3.05) is 14.1 Å². The van der Waals surface area contributed by atoms with E-state index in [-0.39, 0.29) is 0 Å². The second-order valence-corrected chi connectivity index (χ2v) is 2.98. The third-order valence-corrected chi connectivity index (χ3v) is 1.77. The lowest BCUT2D eigenvalue weighted by Gasteiger charge is -2.19. The lowest BCUT2D eigenvalue weighted by atomic mass is 10.1. The summed E-state index contributed by atoms with van der Waals surface area (Å²) in [6, 6.07) is 0.315. The van der Waals surface area contributed by atoms with Crippen LogP contribution in [0.2, 0.25) is 0 Å². The van der Waals surface area contributed by atoms with Crippen molar-refractivity contribution in [2.24, 2.45) is 5.73 Å². The van der Waals surface area contributed by atoms with E-state index in [9.17, 15) is 4.79 Å². The maximum atomic E-state index is 10.6. The predicted octanol–water partition coefficient (Wildman–Crippen LogP) is 0.368. The Bertz CT molecular complexity index is 163. The molecule has 0 aromatic carbocycles. The van der Waals surface area contributed by atoms with Crippen LogP contribution in [0.25, 0.3) is 0 Å². The van der Waals surface area contributed by atoms with Gasteiger partial charge in [0.15, 0.2) is 0 Å². The molecule has 0 radical (unpaired) electrons. The van der Waals surface area contributed by atoms with Gasteiger partial charge in [-0.25, -0.2) is 0 Å². The average molecular weight is 156 g/mol. The quantitative estimate of drug-likeness (QED) is 0.598. The Hall–Kier alpha value is -0.830. The summed E-state index contributed by atoms with van der Waals surface area (Å²) >= 11 is 0. The van der Waals surface area contributed by atoms with Crippen LogP contribution in [-0.4, -0.2) is 30.9 Å². The molecule has 0 saturated carbocycles. The smallest absolute Gasteiger partial charge is 0.244 e. The normalized spacial score (nSPS) is 13.1. The molecular formula is C8H16N2O. The topological polar surface area (TPSA) is 46.3 Å². The fourth-order valence-electron chi connectivity index (χ4n) is 0.640. The molecule has 0 aliphatic carbocycles. The summed E-state index contributed by atoms with van der Waals surface area (Å²) in [5.74, 6) is -0.404. The fraction of sp³-hybridized carbons (Fsp3) is 0.625. The van der Waals surface area contributed by atoms with Crippen LogP contribution >= 0.6 is 0 Å². The van der Waals surface area contributed by atoms with E-state index in [0.29, 0.717) is 18.0 Å². The highest BCUT2D eigenvalue weighted by atomic mass is 16.1. The van der Waals surface area contributed by atoms with E-state index in [1.54, 1.807) is 0 Å². The molecule has 11 heavy (non-hydrogen) atoms. The number of primary amides is 1. The Morgan fingerprint density at radius 1 is 1.64 bits per heavy atom. The lowest BCUT2D eigenvalue weighted by Crippen LogP contribution is -2.27. The van der Waals surface area contributed by atoms with Crippen molar-refractivity contribution in [2.45, 2.75) is 19.4 Å². The third kappa shape index (κ3) is 3.78. The number of hydrogen-bond donors (Lipinski definition) is 1. The molecule has 3 nitrogen and oxygen atoms in total. The number of nitrogens with two attached hydrogens (primary N) is 1. The van der Waals surface area contributed by atoms with Crippen LogP contribution in [0.4, 0.5) is 0 Å². The highest BCUT2D eigenvalue weighted by Gasteiger charge is 2.09. The Morgan fingerprint density at radius 3 is 2.36 bits per heavy atom. The first-order valence-corrected chi connectivity index (χ1v) is 3.59. The maximum absolute atomic E-state index is 10.6. The van der Waals surface area contributed by atoms with Crippen molar-refractivity contribution in [3.63, 3.8) is 0 Å². The Balaban J connectivity index is 3.85. The van der Waals surface area contributed by atoms with Crippen LogP contribution in [0.1, 0.15) is 13.3 Å². The monoisotopic (exact) mass is 156 g/mol. The number of amides is 1. The van der Waals surface area contributed by atoms with E-state index >= 15 is 0 Å². The van der Waals surface area contributed by atoms with Gasteiger partial charge in [0.25, 0.3) is 0 Å². The van der Waals surface area contributed by atoms with Crippen molar-refractivity contribution in [1.29, 1.82) is 0 Å². The molecular weight excluding hydrogens is 140 g/mol. The number of carbonyl (C=O) groups is 1. The van der Waals surface area contributed by atoms with E-state index in [0.717, 1.165) is 0 Å². The molecule has 0 fully saturated rings. The Morgan fingerprint density at radius 2 is 2.09 bits per heavy atom. The number of carbonyl (C=O) groups excluding carboxylic acids is 1. The summed E-state index contributed by atoms with van der Waals surface area (Å²) in [4.78, 5) is 12.6. The van der Waals surface area contributed by atoms with Gasteiger partial charge in [0.05, 0.1) is 0 Å². The van der Waals surface area contributed by atoms with Crippen molar-refractivity contribution >= 4 is 5.91 Å². The zero-order valence-corrected chi connectivity index (χ0v) is 7.42. The van der Waals surface area contributed by atoms with E-state index in [1.807, 2.05) is 25.9 Å². The van der Waals surface area contributed by atoms with E-state index < -0.39 is 5.91 Å². The molecule has 0 aliphatic heterocycles. The zero-order valence-electron chi connectivity index (χ0n) is 7.42. The van der Waals surface area contributed by atoms with Gasteiger partial charge in [-0.1, -0.05) is 6.58 Å². The van der Waals surface area contributed by atoms with Gasteiger partial charge in [-0.05, 0) is 27.4 Å². The Labute approximate surface area is 67.9 Å². The lowest BCUT2D eigenvalue weighted by molar-refractivity contribution is -0.114. The molecule has 0 aromatic rings. The molecule has 1 amide bonds. The first kappa shape index (κ1) is 10.2. The summed E-state index contributed by atoms with van der Waals surface area (Å²) in [7, 11) is 3.91. The minimum atomic E-state index is -0.404. The predicted molar refractivity (Wildman–Crippen MR) is 46.1 cm³/mol. The number of nitrogens with zero attached hydrogens (tertiary/aromatic N) is 1. The molecule has 1 unspecified atom stereocenters. The standard InChI is InChI=1S/C8H16N2O/c1-6(8(9)11)5-7(2)10(3)4/h7H,1,5H2,2-4H3,(H2,9,11). The van der Waals surface area contributed by atoms with Crippen LogP contribution in [0.15, 0.2) is 12.2 Å². The average Bonchev–Trinajstić information content (AvgIpc) is 1.87. The minimum absolute atomic E-state index is 0.315. The molecule has 64 valence electrons. The molecule has 0 aromatic heterocycles. The van der Waals surface area contributed by atoms with E-state index in [4.69, 9.17) is 5.73 Å². The molecule has 0 aliphatic rings. The molecule has 0 spiro atoms. The van der Waals surface area contributed by atoms with Crippen LogP contribution in [0.3, 0.4) is 0 Å². The molecule has 0 saturated heterocycles. The minimum Gasteiger partial charge on any atom is -0.366 e. The molecule has 1 atom stereocenters. The molecule has 0 heterocycles. The highest BCUT2D eigenvalue weighted by Crippen LogP contribution is 2.05. The summed E-state index contributed by atoms with van der Waals surface area (Å²) in [6.07, 6.45) is 0.641. The van der Waals surface area contributed by atoms with Gasteiger partial charge in [0.1, 0.15) is 0 Å². The summed E-state index contributed by atoms with van der Waals surface area (Å²) in [5.41, 5.74) is 5.52. The second kappa shape index (κ2) is 4.13. The van der Waals surface area contributed by atoms with Crippen molar-refractivity contribution in [3.05, 3.63) is 12.2 Å². The summed E-state index contributed by atoms with van der Waals surface area (Å²) < 4.78 is 0. The van der Waals surface area contributed by atoms with Gasteiger partial charge in [0, 0.05) is 11.6 Å². The Kier molecular flexibility index (Phi) is 3.82. The summed E-state index contributed by atoms with van der Waals surface area (Å²) in [5, 5.41) is 0. The first-order valence-electron chi connectivity index (χ1n) is 3.59. The van der Waals surface area contributed by atoms with Crippen LogP contribution in [-0.2, 0) is 4.79 Å². The van der Waals surface area contributed by atoms with Gasteiger partial charge in [-0.15, -0.1) is 0 Å². The van der Waals surface area contributed by atoms with Crippen molar-refractivity contribution < 1.29 is 4.79 Å². The van der Waals surface area contributed by atoms with Crippen molar-refractivity contribution in [1.82, 2.24) is 4.90 Å². The molecule has 3 heteroatoms. The van der Waals surface area contributed by atoms with Crippen molar-refractivity contribution in [3.8, 4) is 0 Å². The maximum Gasteiger partial charge on any atom is 0.244 e. The van der Waals surface area contributed by atoms with Crippen LogP contribution in [0, 0.1) is 0 Å². The largest absolute Gasteiger partial charge is 0.366 e. The molecule has 0 rings (SSSR count). The highest BCUT2D eigenvalue weighted by molar-refractivity contribution is 5.91. The first-order chi connectivity index (χ1) is 4.95. The molecule has 0 bridgehead atoms. The zero-order chi connectivity index (χ0) is 9.02. The van der Waals surface area contributed by atoms with Gasteiger partial charge in [0.2, 0.25) is 5.91 Å². The van der Waals surface area contributed by atoms with Gasteiger partial charge >= 0.3 is 0 Å². The van der Waals surface area contributed by atoms with Crippen LogP contribution < -0.4 is 5.73 Å². The number of hydrogen-bond acceptors (Lipinski definition) is 2. The fourth-order valence-corrected chi connectivity index (χ4v) is 0.640. The second-order valence-electron chi connectivity index (χ2n) is 2.98. The molecule has 2 N–H and O–H groups in total. The van der Waals surface area contributed by atoms with Gasteiger partial charge in [-0.2, -0.15) is 0 Å². The summed E-state index contributed by atoms with van der Waals surface area (Å²) in [6.45, 7) is 5.60. The van der Waals surface area contributed by atoms with Crippen LogP contribution in [0.5, 0.6) is 0 Å². The number of rotatable bonds is 4. The third-order valence-electron chi connectivity index (χ3n) is 1.77. The SMILES string of the molecule is C=C(CC(C)N(C)C)C(N)=O. The van der Waals surface area contributed by atoms with Gasteiger partial charge < -0.3 is 10.6 Å². The van der Waals surface area contributed by atoms with E-state index in [2.05, 4.69) is 6.58 Å². The van der Waals surface area contributed by atoms with E-state index in [1.165, 1.54) is 0 Å². The van der Waals surface area contributed by atoms with Gasteiger partial charge in [-0.3, -0.25) is 4.79 Å².